The van der Waals surface area contributed by atoms with Crippen LogP contribution in [-0.4, -0.2) is 29.7 Å². The highest BCUT2D eigenvalue weighted by molar-refractivity contribution is 5.94. The van der Waals surface area contributed by atoms with Gasteiger partial charge in [0.2, 0.25) is 6.79 Å². The van der Waals surface area contributed by atoms with Gasteiger partial charge in [0.1, 0.15) is 11.6 Å². The lowest BCUT2D eigenvalue weighted by Crippen LogP contribution is -2.33. The van der Waals surface area contributed by atoms with Gasteiger partial charge in [0, 0.05) is 23.6 Å². The van der Waals surface area contributed by atoms with Gasteiger partial charge in [-0.05, 0) is 42.0 Å². The third-order valence-corrected chi connectivity index (χ3v) is 5.70. The molecule has 7 nitrogen and oxygen atoms in total. The third kappa shape index (κ3) is 4.17. The predicted molar refractivity (Wildman–Crippen MR) is 124 cm³/mol. The van der Waals surface area contributed by atoms with Crippen LogP contribution in [0, 0.1) is 5.82 Å². The lowest BCUT2D eigenvalue weighted by Gasteiger charge is -2.23. The van der Waals surface area contributed by atoms with Crippen LogP contribution in [0.2, 0.25) is 0 Å². The van der Waals surface area contributed by atoms with Gasteiger partial charge < -0.3 is 24.1 Å². The summed E-state index contributed by atoms with van der Waals surface area (Å²) in [6, 6.07) is 18.2. The number of nitrogens with zero attached hydrogens (tertiary/aromatic N) is 1. The number of aromatic nitrogens is 1. The summed E-state index contributed by atoms with van der Waals surface area (Å²) in [5, 5.41) is 0.738. The number of fused-ring (bicyclic) bond motifs is 2. The molecule has 4 aromatic rings. The van der Waals surface area contributed by atoms with Crippen LogP contribution in [0.1, 0.15) is 21.5 Å². The quantitative estimate of drug-likeness (QED) is 0.465. The molecule has 0 fully saturated rings. The summed E-state index contributed by atoms with van der Waals surface area (Å²) < 4.78 is 30.4. The molecule has 2 heterocycles. The monoisotopic (exact) mass is 460 g/mol. The van der Waals surface area contributed by atoms with Crippen molar-refractivity contribution in [1.82, 2.24) is 9.88 Å². The van der Waals surface area contributed by atoms with E-state index in [1.165, 1.54) is 23.1 Å². The van der Waals surface area contributed by atoms with E-state index in [0.717, 1.165) is 10.9 Å². The molecule has 0 spiro atoms. The fourth-order valence-corrected chi connectivity index (χ4v) is 3.92. The fourth-order valence-electron chi connectivity index (χ4n) is 3.92. The number of carbonyl (C=O) groups excluding carboxylic acids is 1. The molecule has 1 amide bonds. The van der Waals surface area contributed by atoms with Crippen molar-refractivity contribution in [2.45, 2.75) is 13.1 Å². The van der Waals surface area contributed by atoms with Gasteiger partial charge in [-0.2, -0.15) is 0 Å². The Labute approximate surface area is 194 Å². The molecule has 0 radical (unpaired) electrons. The van der Waals surface area contributed by atoms with E-state index in [1.54, 1.807) is 43.5 Å². The standard InChI is InChI=1S/C26H21FN2O5/c1-32-19-8-6-16(7-9-19)13-29(26(31)20-4-2-3-5-21(20)27)14-18-10-17-11-23-24(34-15-33-23)12-22(17)28-25(18)30/h2-12H,13-15H2,1H3,(H,28,30). The SMILES string of the molecule is COc1ccc(CN(Cc2cc3cc4c(cc3[nH]c2=O)OCO4)C(=O)c2ccccc2F)cc1. The first-order chi connectivity index (χ1) is 16.5. The third-order valence-electron chi connectivity index (χ3n) is 5.70. The van der Waals surface area contributed by atoms with Crippen LogP contribution in [0.4, 0.5) is 4.39 Å². The van der Waals surface area contributed by atoms with Crippen LogP contribution in [-0.2, 0) is 13.1 Å². The molecule has 0 unspecified atom stereocenters. The van der Waals surface area contributed by atoms with Crippen LogP contribution in [0.15, 0.2) is 71.5 Å². The molecular weight excluding hydrogens is 439 g/mol. The van der Waals surface area contributed by atoms with E-state index in [2.05, 4.69) is 4.98 Å². The van der Waals surface area contributed by atoms with E-state index in [-0.39, 0.29) is 31.0 Å². The van der Waals surface area contributed by atoms with Crippen LogP contribution >= 0.6 is 0 Å². The Morgan fingerprint density at radius 3 is 2.50 bits per heavy atom. The Morgan fingerprint density at radius 1 is 1.03 bits per heavy atom. The first kappa shape index (κ1) is 21.5. The van der Waals surface area contributed by atoms with Gasteiger partial charge in [-0.3, -0.25) is 9.59 Å². The number of hydrogen-bond donors (Lipinski definition) is 1. The van der Waals surface area contributed by atoms with Crippen molar-refractivity contribution in [3.63, 3.8) is 0 Å². The van der Waals surface area contributed by atoms with Crippen molar-refractivity contribution in [3.05, 3.63) is 99.6 Å². The number of aromatic amines is 1. The molecule has 1 N–H and O–H groups in total. The first-order valence-corrected chi connectivity index (χ1v) is 10.6. The van der Waals surface area contributed by atoms with Crippen molar-refractivity contribution >= 4 is 16.8 Å². The van der Waals surface area contributed by atoms with Gasteiger partial charge in [-0.1, -0.05) is 24.3 Å². The average molecular weight is 460 g/mol. The molecule has 172 valence electrons. The van der Waals surface area contributed by atoms with E-state index >= 15 is 0 Å². The summed E-state index contributed by atoms with van der Waals surface area (Å²) in [5.74, 6) is 0.696. The second kappa shape index (κ2) is 8.90. The summed E-state index contributed by atoms with van der Waals surface area (Å²) in [5.41, 5.74) is 1.37. The molecule has 3 aromatic carbocycles. The Morgan fingerprint density at radius 2 is 1.76 bits per heavy atom. The number of ether oxygens (including phenoxy) is 3. The van der Waals surface area contributed by atoms with Crippen molar-refractivity contribution in [3.8, 4) is 17.2 Å². The summed E-state index contributed by atoms with van der Waals surface area (Å²) in [4.78, 5) is 30.5. The molecule has 1 aliphatic rings. The van der Waals surface area contributed by atoms with Crippen molar-refractivity contribution in [1.29, 1.82) is 0 Å². The number of pyridine rings is 1. The highest BCUT2D eigenvalue weighted by Crippen LogP contribution is 2.35. The van der Waals surface area contributed by atoms with Gasteiger partial charge in [-0.25, -0.2) is 4.39 Å². The van der Waals surface area contributed by atoms with E-state index in [0.29, 0.717) is 28.3 Å². The van der Waals surface area contributed by atoms with Crippen LogP contribution in [0.5, 0.6) is 17.2 Å². The summed E-state index contributed by atoms with van der Waals surface area (Å²) >= 11 is 0. The van der Waals surface area contributed by atoms with Crippen LogP contribution in [0.3, 0.4) is 0 Å². The first-order valence-electron chi connectivity index (χ1n) is 10.6. The maximum Gasteiger partial charge on any atom is 0.257 e. The maximum atomic E-state index is 14.4. The average Bonchev–Trinajstić information content (AvgIpc) is 3.30. The fraction of sp³-hybridized carbons (Fsp3) is 0.154. The highest BCUT2D eigenvalue weighted by Gasteiger charge is 2.22. The summed E-state index contributed by atoms with van der Waals surface area (Å²) in [7, 11) is 1.57. The maximum absolute atomic E-state index is 14.4. The molecular formula is C26H21FN2O5. The number of carbonyl (C=O) groups is 1. The van der Waals surface area contributed by atoms with Gasteiger partial charge in [-0.15, -0.1) is 0 Å². The second-order valence-corrected chi connectivity index (χ2v) is 7.91. The Hall–Kier alpha value is -4.33. The largest absolute Gasteiger partial charge is 0.497 e. The molecule has 5 rings (SSSR count). The van der Waals surface area contributed by atoms with Crippen LogP contribution < -0.4 is 19.8 Å². The number of nitrogens with one attached hydrogen (secondary N) is 1. The molecule has 8 heteroatoms. The number of hydrogen-bond acceptors (Lipinski definition) is 5. The number of amides is 1. The molecule has 0 saturated heterocycles. The molecule has 1 aromatic heterocycles. The normalized spacial score (nSPS) is 12.1. The minimum atomic E-state index is -0.618. The molecule has 0 atom stereocenters. The zero-order valence-corrected chi connectivity index (χ0v) is 18.3. The van der Waals surface area contributed by atoms with Gasteiger partial charge in [0.25, 0.3) is 11.5 Å². The Bertz CT molecular complexity index is 1430. The summed E-state index contributed by atoms with van der Waals surface area (Å²) in [6.45, 7) is 0.282. The zero-order chi connectivity index (χ0) is 23.7. The van der Waals surface area contributed by atoms with Crippen molar-refractivity contribution in [2.75, 3.05) is 13.9 Å². The summed E-state index contributed by atoms with van der Waals surface area (Å²) in [6.07, 6.45) is 0. The lowest BCUT2D eigenvalue weighted by molar-refractivity contribution is 0.0724. The molecule has 0 aliphatic carbocycles. The van der Waals surface area contributed by atoms with E-state index in [4.69, 9.17) is 14.2 Å². The molecule has 0 bridgehead atoms. The van der Waals surface area contributed by atoms with Gasteiger partial charge in [0.05, 0.1) is 24.7 Å². The Kier molecular flexibility index (Phi) is 5.63. The zero-order valence-electron chi connectivity index (χ0n) is 18.3. The minimum Gasteiger partial charge on any atom is -0.497 e. The topological polar surface area (TPSA) is 80.9 Å². The van der Waals surface area contributed by atoms with E-state index in [9.17, 15) is 14.0 Å². The number of halogens is 1. The van der Waals surface area contributed by atoms with Crippen molar-refractivity contribution in [2.24, 2.45) is 0 Å². The highest BCUT2D eigenvalue weighted by atomic mass is 19.1. The second-order valence-electron chi connectivity index (χ2n) is 7.91. The van der Waals surface area contributed by atoms with Crippen molar-refractivity contribution < 1.29 is 23.4 Å². The molecule has 34 heavy (non-hydrogen) atoms. The number of benzene rings is 3. The number of methoxy groups -OCH3 is 1. The van der Waals surface area contributed by atoms with E-state index in [1.807, 2.05) is 12.1 Å². The Balaban J connectivity index is 1.51. The smallest absolute Gasteiger partial charge is 0.257 e. The van der Waals surface area contributed by atoms with Crippen LogP contribution in [0.25, 0.3) is 10.9 Å². The van der Waals surface area contributed by atoms with Gasteiger partial charge >= 0.3 is 0 Å². The van der Waals surface area contributed by atoms with Gasteiger partial charge in [0.15, 0.2) is 11.5 Å². The predicted octanol–water partition coefficient (Wildman–Crippen LogP) is 4.25. The minimum absolute atomic E-state index is 0.0150. The molecule has 1 aliphatic heterocycles. The number of H-pyrrole nitrogens is 1. The lowest BCUT2D eigenvalue weighted by atomic mass is 10.1. The number of rotatable bonds is 6. The molecule has 0 saturated carbocycles. The van der Waals surface area contributed by atoms with E-state index < -0.39 is 11.7 Å².